The zero-order valence-corrected chi connectivity index (χ0v) is 28.3. The van der Waals surface area contributed by atoms with Gasteiger partial charge in [0.25, 0.3) is 40.5 Å². The Balaban J connectivity index is 1.94. The number of amides is 3. The number of nitrogens with zero attached hydrogens (tertiary/aromatic N) is 4. The van der Waals surface area contributed by atoms with Crippen LogP contribution in [0.2, 0.25) is 0 Å². The molecule has 20 nitrogen and oxygen atoms in total. The number of quaternary nitrogens is 1. The summed E-state index contributed by atoms with van der Waals surface area (Å²) in [6.07, 6.45) is 2.45. The normalized spacial score (nSPS) is 17.0. The van der Waals surface area contributed by atoms with Gasteiger partial charge >= 0.3 is 11.9 Å². The molecule has 2 aromatic carbocycles. The second kappa shape index (κ2) is 11.0. The van der Waals surface area contributed by atoms with Crippen molar-refractivity contribution in [1.82, 2.24) is 19.0 Å². The number of hydrogen-bond donors (Lipinski definition) is 6. The molecule has 0 aliphatic carbocycles. The van der Waals surface area contributed by atoms with Crippen molar-refractivity contribution in [2.45, 2.75) is 19.6 Å². The molecule has 1 unspecified atom stereocenters. The van der Waals surface area contributed by atoms with Crippen molar-refractivity contribution in [2.24, 2.45) is 7.05 Å². The average Bonchev–Trinajstić information content (AvgIpc) is 3.42. The molecule has 6 rings (SSSR count). The minimum atomic E-state index is -5.48. The van der Waals surface area contributed by atoms with Crippen LogP contribution in [0.1, 0.15) is 10.5 Å². The van der Waals surface area contributed by atoms with E-state index >= 15 is 0 Å². The number of nitrogens with one attached hydrogen (secondary N) is 2. The van der Waals surface area contributed by atoms with Gasteiger partial charge < -0.3 is 15.2 Å². The van der Waals surface area contributed by atoms with Crippen LogP contribution < -0.4 is 15.1 Å². The van der Waals surface area contributed by atoms with E-state index in [9.17, 15) is 61.5 Å². The Kier molecular flexibility index (Phi) is 7.71. The smallest absolute Gasteiger partial charge is 0.343 e. The number of aromatic nitrogens is 3. The number of rotatable bonds is 5. The number of aryl methyl sites for hydroxylation is 1. The molecule has 0 saturated carbocycles. The molecule has 5 aromatic rings. The first kappa shape index (κ1) is 34.9. The van der Waals surface area contributed by atoms with E-state index in [1.165, 1.54) is 29.9 Å². The number of benzene rings is 2. The molecule has 1 atom stereocenters. The highest BCUT2D eigenvalue weighted by atomic mass is 32.2. The highest BCUT2D eigenvalue weighted by molar-refractivity contribution is 7.87. The quantitative estimate of drug-likeness (QED) is 0.110. The summed E-state index contributed by atoms with van der Waals surface area (Å²) in [6, 6.07) is 5.01. The maximum absolute atomic E-state index is 14.7. The fourth-order valence-electron chi connectivity index (χ4n) is 5.68. The van der Waals surface area contributed by atoms with E-state index in [0.717, 1.165) is 31.4 Å². The van der Waals surface area contributed by atoms with Crippen LogP contribution >= 0.6 is 0 Å². The van der Waals surface area contributed by atoms with Crippen LogP contribution in [0.3, 0.4) is 0 Å². The Bertz CT molecular complexity index is 2830. The van der Waals surface area contributed by atoms with Gasteiger partial charge in [0.1, 0.15) is 36.3 Å². The molecule has 0 fully saturated rings. The lowest BCUT2D eigenvalue weighted by Crippen LogP contribution is -2.47. The minimum absolute atomic E-state index is 0.0633. The first-order chi connectivity index (χ1) is 23.0. The maximum Gasteiger partial charge on any atom is 0.373 e. The molecule has 1 aliphatic rings. The molecule has 0 spiro atoms. The molecule has 6 bridgehead atoms. The Morgan fingerprint density at radius 1 is 0.760 bits per heavy atom. The highest BCUT2D eigenvalue weighted by Crippen LogP contribution is 2.46. The standard InChI is InChI=1S/C26H20N6O14S4/c1-31-9-3-4-13(31)25(33)32(2)14-7-8-27-24-20(14)16(48(38,39)40)11-18(50(44,45)46)23(24)30-26(34)29-22-17(49(41,42)43)10-15(47(35,36)37)12-5-6-19(32)28-21(12)22/h3-11H,1-2H3,(H5-,29,30,34,35,36,37,38,39,40,41,42,43,44,45,46)/p+1. The predicted molar refractivity (Wildman–Crippen MR) is 173 cm³/mol. The minimum Gasteiger partial charge on any atom is -0.343 e. The highest BCUT2D eigenvalue weighted by Gasteiger charge is 2.45. The van der Waals surface area contributed by atoms with Crippen LogP contribution in [-0.2, 0) is 47.5 Å². The SMILES string of the molecule is Cn1cccc1C(=O)[N+]1(C)c2ccc3c(S(=O)(=O)O)cc(S(=O)(=O)O)c(c3n2)NC(=O)Nc2c(S(=O)(=O)O)cc(S(=O)(=O)O)c3c1ccnc23. The van der Waals surface area contributed by atoms with Crippen LogP contribution in [0.5, 0.6) is 0 Å². The number of fused-ring (bicyclic) bond motifs is 1. The van der Waals surface area contributed by atoms with Crippen LogP contribution in [0, 0.1) is 0 Å². The van der Waals surface area contributed by atoms with Crippen molar-refractivity contribution in [3.8, 4) is 0 Å². The second-order valence-electron chi connectivity index (χ2n) is 10.9. The Labute approximate surface area is 281 Å². The van der Waals surface area contributed by atoms with Crippen LogP contribution in [-0.4, -0.2) is 85.4 Å². The van der Waals surface area contributed by atoms with E-state index in [0.29, 0.717) is 12.1 Å². The molecular weight excluding hydrogens is 749 g/mol. The Morgan fingerprint density at radius 2 is 1.30 bits per heavy atom. The molecule has 50 heavy (non-hydrogen) atoms. The average molecular weight is 770 g/mol. The van der Waals surface area contributed by atoms with E-state index in [1.807, 2.05) is 10.6 Å². The van der Waals surface area contributed by atoms with Crippen LogP contribution in [0.25, 0.3) is 21.8 Å². The Morgan fingerprint density at radius 3 is 1.82 bits per heavy atom. The van der Waals surface area contributed by atoms with Gasteiger partial charge in [-0.15, -0.1) is 0 Å². The molecule has 262 valence electrons. The number of anilines is 2. The van der Waals surface area contributed by atoms with Crippen molar-refractivity contribution in [1.29, 1.82) is 0 Å². The maximum atomic E-state index is 14.7. The monoisotopic (exact) mass is 769 g/mol. The molecular formula is C26H21N6O14S4+. The summed E-state index contributed by atoms with van der Waals surface area (Å²) in [7, 11) is -19.1. The van der Waals surface area contributed by atoms with Crippen molar-refractivity contribution in [3.63, 3.8) is 0 Å². The van der Waals surface area contributed by atoms with Crippen molar-refractivity contribution in [2.75, 3.05) is 17.7 Å². The number of pyridine rings is 2. The van der Waals surface area contributed by atoms with E-state index in [1.54, 1.807) is 0 Å². The summed E-state index contributed by atoms with van der Waals surface area (Å²) < 4.78 is 142. The zero-order chi connectivity index (χ0) is 36.9. The molecule has 3 aromatic heterocycles. The molecule has 3 amide bonds. The Hall–Kier alpha value is -4.92. The largest absolute Gasteiger partial charge is 0.373 e. The lowest BCUT2D eigenvalue weighted by molar-refractivity contribution is 0.0849. The topological polar surface area (TPSA) is 306 Å². The summed E-state index contributed by atoms with van der Waals surface area (Å²) in [6.45, 7) is 0. The number of hydrogen-bond acceptors (Lipinski definition) is 12. The van der Waals surface area contributed by atoms with Gasteiger partial charge in [-0.1, -0.05) is 0 Å². The summed E-state index contributed by atoms with van der Waals surface area (Å²) in [5.41, 5.74) is -3.81. The van der Waals surface area contributed by atoms with E-state index in [2.05, 4.69) is 9.97 Å². The van der Waals surface area contributed by atoms with Gasteiger partial charge in [-0.25, -0.2) is 9.59 Å². The summed E-state index contributed by atoms with van der Waals surface area (Å²) in [5, 5.41) is 2.83. The summed E-state index contributed by atoms with van der Waals surface area (Å²) >= 11 is 0. The van der Waals surface area contributed by atoms with E-state index in [4.69, 9.17) is 0 Å². The number of carbonyl (C=O) groups excluding carboxylic acids is 2. The van der Waals surface area contributed by atoms with Gasteiger partial charge in [0, 0.05) is 37.0 Å². The summed E-state index contributed by atoms with van der Waals surface area (Å²) in [5.74, 6) is -1.36. The fraction of sp³-hybridized carbons (Fsp3) is 0.0769. The van der Waals surface area contributed by atoms with Crippen LogP contribution in [0.4, 0.5) is 27.7 Å². The lowest BCUT2D eigenvalue weighted by atomic mass is 10.1. The third kappa shape index (κ3) is 5.47. The molecule has 0 saturated heterocycles. The molecule has 6 N–H and O–H groups in total. The second-order valence-corrected chi connectivity index (χ2v) is 16.5. The zero-order valence-electron chi connectivity index (χ0n) is 25.0. The van der Waals surface area contributed by atoms with E-state index < -0.39 is 121 Å². The van der Waals surface area contributed by atoms with Gasteiger partial charge in [-0.3, -0.25) is 23.2 Å². The predicted octanol–water partition coefficient (Wildman–Crippen LogP) is 2.17. The van der Waals surface area contributed by atoms with Crippen molar-refractivity contribution < 1.29 is 61.5 Å². The first-order valence-corrected chi connectivity index (χ1v) is 19.2. The van der Waals surface area contributed by atoms with Crippen molar-refractivity contribution >= 4 is 97.1 Å². The third-order valence-corrected chi connectivity index (χ3v) is 11.4. The van der Waals surface area contributed by atoms with Crippen molar-refractivity contribution in [3.05, 3.63) is 60.6 Å². The van der Waals surface area contributed by atoms with Gasteiger partial charge in [0.05, 0.1) is 23.8 Å². The number of urea groups is 1. The molecule has 0 radical (unpaired) electrons. The first-order valence-electron chi connectivity index (χ1n) is 13.4. The number of carbonyl (C=O) groups is 2. The van der Waals surface area contributed by atoms with Gasteiger partial charge in [0.2, 0.25) is 5.82 Å². The van der Waals surface area contributed by atoms with Gasteiger partial charge in [-0.2, -0.15) is 43.1 Å². The summed E-state index contributed by atoms with van der Waals surface area (Å²) in [4.78, 5) is 31.5. The molecule has 24 heteroatoms. The lowest BCUT2D eigenvalue weighted by Gasteiger charge is -2.31. The van der Waals surface area contributed by atoms with Gasteiger partial charge in [-0.05, 0) is 30.3 Å². The molecule has 1 aliphatic heterocycles. The fourth-order valence-corrected chi connectivity index (χ4v) is 8.61. The van der Waals surface area contributed by atoms with Gasteiger partial charge in [0.15, 0.2) is 5.69 Å². The van der Waals surface area contributed by atoms with Crippen LogP contribution in [0.15, 0.2) is 74.4 Å². The molecule has 4 heterocycles. The van der Waals surface area contributed by atoms with E-state index in [-0.39, 0.29) is 5.69 Å². The third-order valence-electron chi connectivity index (χ3n) is 7.91.